The van der Waals surface area contributed by atoms with Gasteiger partial charge in [0.2, 0.25) is 0 Å². The maximum absolute atomic E-state index is 7.00. The molecular formula is C15H38Ar2N2O3U2W2-2. The number of rotatable bonds is 0. The zero-order valence-electron chi connectivity index (χ0n) is 15.6. The minimum atomic E-state index is 0. The van der Waals surface area contributed by atoms with Crippen LogP contribution in [-0.4, -0.2) is 80.0 Å². The second-order valence-electron chi connectivity index (χ2n) is 4.39. The zero-order valence-corrected chi connectivity index (χ0v) is 31.2. The number of aliphatic hydroxyl groups is 2. The monoisotopic (exact) mass is 1220 g/mol. The van der Waals surface area contributed by atoms with Crippen LogP contribution in [0, 0.1) is 151 Å². The molecule has 0 aromatic rings. The van der Waals surface area contributed by atoms with E-state index in [9.17, 15) is 0 Å². The minimum Gasteiger partial charge on any atom is -0.412 e. The van der Waals surface area contributed by atoms with E-state index in [2.05, 4.69) is 36.7 Å². The quantitative estimate of drug-likeness (QED) is 0.354. The summed E-state index contributed by atoms with van der Waals surface area (Å²) in [6.07, 6.45) is 10.0. The van der Waals surface area contributed by atoms with Crippen LogP contribution in [0.4, 0.5) is 0 Å². The summed E-state index contributed by atoms with van der Waals surface area (Å²) in [5, 5.41) is 14.0. The van der Waals surface area contributed by atoms with E-state index < -0.39 is 0 Å². The molecule has 5 nitrogen and oxygen atoms in total. The van der Waals surface area contributed by atoms with Gasteiger partial charge in [0.25, 0.3) is 0 Å². The Morgan fingerprint density at radius 1 is 0.692 bits per heavy atom. The molecule has 0 unspecified atom stereocenters. The normalized spacial score (nSPS) is 14.1. The van der Waals surface area contributed by atoms with Crippen LogP contribution in [0.2, 0.25) is 0 Å². The van der Waals surface area contributed by atoms with Gasteiger partial charge in [0.15, 0.2) is 0 Å². The second kappa shape index (κ2) is 57.6. The first kappa shape index (κ1) is 63.5. The molecule has 0 radical (unpaired) electrons. The van der Waals surface area contributed by atoms with Crippen molar-refractivity contribution in [3.05, 3.63) is 12.8 Å². The van der Waals surface area contributed by atoms with Crippen molar-refractivity contribution >= 4 is 0 Å². The number of hydrogen-bond donors (Lipinski definition) is 2. The van der Waals surface area contributed by atoms with Gasteiger partial charge in [0.05, 0.1) is 0 Å². The molecule has 11 heteroatoms. The predicted molar refractivity (Wildman–Crippen MR) is 88.7 cm³/mol. The maximum atomic E-state index is 7.00. The third-order valence-corrected chi connectivity index (χ3v) is 2.78. The van der Waals surface area contributed by atoms with E-state index in [1.165, 1.54) is 51.9 Å². The molecule has 0 saturated carbocycles. The van der Waals surface area contributed by atoms with Crippen LogP contribution in [-0.2, 0) is 42.1 Å². The first-order valence-corrected chi connectivity index (χ1v) is 6.69. The summed E-state index contributed by atoms with van der Waals surface area (Å²) < 4.78 is 0. The Bertz CT molecular complexity index is 151. The summed E-state index contributed by atoms with van der Waals surface area (Å²) in [6, 6.07) is 0. The molecule has 2 fully saturated rings. The molecule has 2 saturated heterocycles. The average Bonchev–Trinajstić information content (AvgIpc) is 2.46. The number of hydrogen-bond acceptors (Lipinski definition) is 4. The van der Waals surface area contributed by atoms with Gasteiger partial charge in [0.1, 0.15) is 0 Å². The van der Waals surface area contributed by atoms with E-state index in [-0.39, 0.29) is 193 Å². The Kier molecular flexibility index (Phi) is 141. The Morgan fingerprint density at radius 3 is 1.00 bits per heavy atom. The molecule has 0 amide bonds. The molecule has 0 aliphatic carbocycles. The van der Waals surface area contributed by atoms with Crippen molar-refractivity contribution in [2.75, 3.05) is 54.5 Å². The SMILES string of the molecule is C.CN1C[CH-]CCC1.CN1C[CH-]CCC1.CO.CO.O.[Ar].[Ar].[U].[U].[W].[W]. The van der Waals surface area contributed by atoms with Crippen LogP contribution in [0.3, 0.4) is 0 Å². The maximum Gasteiger partial charge on any atom is 0.0319 e. The molecule has 0 bridgehead atoms. The van der Waals surface area contributed by atoms with E-state index >= 15 is 0 Å². The van der Waals surface area contributed by atoms with Crippen molar-refractivity contribution in [1.82, 2.24) is 9.80 Å². The molecule has 4 N–H and O–H groups in total. The van der Waals surface area contributed by atoms with Gasteiger partial charge in [-0.25, -0.2) is 0 Å². The fraction of sp³-hybridized carbons (Fsp3) is 0.867. The van der Waals surface area contributed by atoms with Crippen LogP contribution in [0.15, 0.2) is 0 Å². The standard InChI is InChI=1S/2C6H12N.2CH4O.CH4.2Ar.H2O.2U.2W/c2*1-7-5-3-2-4-6-7;2*1-2;;;;;;;;/h2*3H,2,4-6H2,1H3;2*2H,1H3;1H4;;;1H2;;;;/q2*-1;;;;;;;;;;. The van der Waals surface area contributed by atoms with Crippen molar-refractivity contribution in [1.29, 1.82) is 0 Å². The van der Waals surface area contributed by atoms with Gasteiger partial charge >= 0.3 is 0 Å². The van der Waals surface area contributed by atoms with Crippen molar-refractivity contribution in [3.63, 3.8) is 0 Å². The fourth-order valence-corrected chi connectivity index (χ4v) is 1.82. The van der Waals surface area contributed by atoms with E-state index in [0.717, 1.165) is 14.2 Å². The van der Waals surface area contributed by atoms with E-state index in [0.29, 0.717) is 0 Å². The van der Waals surface area contributed by atoms with Crippen molar-refractivity contribution in [2.24, 2.45) is 0 Å². The summed E-state index contributed by atoms with van der Waals surface area (Å²) in [5.41, 5.74) is 0. The Labute approximate surface area is 299 Å². The molecule has 26 heavy (non-hydrogen) atoms. The first-order valence-electron chi connectivity index (χ1n) is 6.69. The fourth-order valence-electron chi connectivity index (χ4n) is 1.82. The predicted octanol–water partition coefficient (Wildman–Crippen LogP) is 0.856. The van der Waals surface area contributed by atoms with Crippen LogP contribution in [0.1, 0.15) is 33.1 Å². The van der Waals surface area contributed by atoms with Gasteiger partial charge in [0, 0.05) is 194 Å². The van der Waals surface area contributed by atoms with Crippen LogP contribution in [0.25, 0.3) is 0 Å². The van der Waals surface area contributed by atoms with Crippen molar-refractivity contribution in [3.8, 4) is 0 Å². The molecule has 0 aromatic carbocycles. The Hall–Kier alpha value is 5.80. The van der Waals surface area contributed by atoms with Crippen LogP contribution < -0.4 is 0 Å². The van der Waals surface area contributed by atoms with E-state index in [4.69, 9.17) is 10.2 Å². The molecular weight excluding hydrogens is 1180 g/mol. The summed E-state index contributed by atoms with van der Waals surface area (Å²) in [4.78, 5) is 4.67. The first-order chi connectivity index (χ1) is 8.79. The minimum absolute atomic E-state index is 0. The van der Waals surface area contributed by atoms with Gasteiger partial charge in [-0.05, 0) is 27.2 Å². The number of piperidine rings is 2. The van der Waals surface area contributed by atoms with Crippen LogP contribution in [0.5, 0.6) is 0 Å². The Balaban J connectivity index is -0.0000000164. The third kappa shape index (κ3) is 52.0. The average molecular weight is 1220 g/mol. The molecule has 0 spiro atoms. The molecule has 2 aliphatic heterocycles. The van der Waals surface area contributed by atoms with Gasteiger partial charge in [-0.2, -0.15) is 12.8 Å². The molecule has 0 aromatic heterocycles. The zero-order chi connectivity index (χ0) is 14.2. The molecule has 2 heterocycles. The summed E-state index contributed by atoms with van der Waals surface area (Å²) >= 11 is 0. The molecule has 2 rings (SSSR count). The second-order valence-corrected chi connectivity index (χ2v) is 4.39. The third-order valence-electron chi connectivity index (χ3n) is 2.78. The van der Waals surface area contributed by atoms with Gasteiger partial charge in [-0.1, -0.05) is 20.3 Å². The molecule has 2 aliphatic rings. The molecule has 0 atom stereocenters. The topological polar surface area (TPSA) is 78.4 Å². The van der Waals surface area contributed by atoms with Crippen molar-refractivity contribution < 1.29 is 196 Å². The van der Waals surface area contributed by atoms with Gasteiger partial charge < -0.3 is 38.3 Å². The summed E-state index contributed by atoms with van der Waals surface area (Å²) in [5.74, 6) is 0. The van der Waals surface area contributed by atoms with Crippen molar-refractivity contribution in [2.45, 2.75) is 33.1 Å². The van der Waals surface area contributed by atoms with Gasteiger partial charge in [-0.15, -0.1) is 13.1 Å². The summed E-state index contributed by atoms with van der Waals surface area (Å²) in [7, 11) is 6.32. The Morgan fingerprint density at radius 2 is 0.923 bits per heavy atom. The number of nitrogens with zero attached hydrogens (tertiary/aromatic N) is 2. The van der Waals surface area contributed by atoms with E-state index in [1.54, 1.807) is 0 Å². The number of likely N-dealkylation sites (tertiary alicyclic amines) is 2. The van der Waals surface area contributed by atoms with Gasteiger partial charge in [-0.3, -0.25) is 0 Å². The summed E-state index contributed by atoms with van der Waals surface area (Å²) in [6.45, 7) is 4.97. The number of aliphatic hydroxyl groups excluding tert-OH is 2. The van der Waals surface area contributed by atoms with E-state index in [1.807, 2.05) is 0 Å². The van der Waals surface area contributed by atoms with Crippen LogP contribution >= 0.6 is 0 Å². The largest absolute Gasteiger partial charge is 0.412 e. The molecule has 164 valence electrons. The smallest absolute Gasteiger partial charge is 0.0319 e.